The molecule has 4 heterocycles. The maximum Gasteiger partial charge on any atom is 0.303 e. The number of carbonyl (C=O) groups is 1. The van der Waals surface area contributed by atoms with Crippen molar-refractivity contribution in [2.75, 3.05) is 6.61 Å². The molecular weight excluding hydrogens is 800 g/mol. The quantitative estimate of drug-likeness (QED) is 0.0543. The zero-order valence-electron chi connectivity index (χ0n) is 35.1. The summed E-state index contributed by atoms with van der Waals surface area (Å²) in [6.45, 7) is 5.86. The number of ether oxygens (including phenoxy) is 8. The van der Waals surface area contributed by atoms with Gasteiger partial charge in [0.2, 0.25) is 0 Å². The van der Waals surface area contributed by atoms with E-state index < -0.39 is 135 Å². The van der Waals surface area contributed by atoms with E-state index in [4.69, 9.17) is 43.0 Å². The van der Waals surface area contributed by atoms with Gasteiger partial charge in [-0.2, -0.15) is 0 Å². The molecule has 0 amide bonds. The summed E-state index contributed by atoms with van der Waals surface area (Å²) in [6.07, 6.45) is -19.3. The van der Waals surface area contributed by atoms with Crippen molar-refractivity contribution in [1.82, 2.24) is 0 Å². The van der Waals surface area contributed by atoms with Gasteiger partial charge in [0.05, 0.1) is 31.0 Å². The van der Waals surface area contributed by atoms with Crippen LogP contribution >= 0.6 is 0 Å². The van der Waals surface area contributed by atoms with Crippen molar-refractivity contribution in [3.63, 3.8) is 0 Å². The largest absolute Gasteiger partial charge is 0.481 e. The van der Waals surface area contributed by atoms with Crippen LogP contribution in [0.3, 0.4) is 0 Å². The molecule has 21 atom stereocenters. The smallest absolute Gasteiger partial charge is 0.303 e. The zero-order chi connectivity index (χ0) is 44.3. The molecule has 0 aromatic carbocycles. The molecule has 4 aliphatic rings. The van der Waals surface area contributed by atoms with Gasteiger partial charge in [-0.15, -0.1) is 0 Å². The Kier molecular flexibility index (Phi) is 21.2. The van der Waals surface area contributed by atoms with E-state index in [0.29, 0.717) is 19.3 Å². The SMILES string of the molecule is CCCCC[C@@H](CCCCCCCCCC(=O)O)O[C@@H]1O[C@H](CO)[C@@H](O)[C@H](O)[C@H]1O[C@@H]1O[C@@H](C)[C@H](O[C@@H]2O[C@@H](C)[C@H](O[C@@H]3O[C@@H](C)[C@H](O)[C@@H](O)[C@H]3O)[C@@H](O)[C@H]2O)[C@@H](O)[C@H]1O. The lowest BCUT2D eigenvalue weighted by molar-refractivity contribution is -0.388. The number of hydrogen-bond acceptors (Lipinski definition) is 19. The standard InChI is InChI=1S/C40H72O20/c1-5-6-12-15-22(16-13-10-8-7-9-11-14-17-24(42)43)56-40-36(28(47)26(45)23(18-41)57-40)60-39-33(52)30(49)35(21(4)55-39)59-38-32(51)29(48)34(20(3)54-38)58-37-31(50)27(46)25(44)19(2)53-37/h19-23,25-41,44-52H,5-18H2,1-4H3,(H,42,43)/t19-,20-,21-,22-,23+,25-,26+,27+,28-,29-,30-,31+,32+,33+,34-,35-,36+,37-,38-,39-,40+/m0/s1. The Morgan fingerprint density at radius 1 is 0.500 bits per heavy atom. The van der Waals surface area contributed by atoms with Crippen LogP contribution in [0.4, 0.5) is 0 Å². The van der Waals surface area contributed by atoms with Crippen molar-refractivity contribution in [2.24, 2.45) is 0 Å². The van der Waals surface area contributed by atoms with Gasteiger partial charge in [0.15, 0.2) is 25.2 Å². The van der Waals surface area contributed by atoms with Gasteiger partial charge in [-0.25, -0.2) is 0 Å². The van der Waals surface area contributed by atoms with Gasteiger partial charge in [-0.05, 0) is 40.0 Å². The highest BCUT2D eigenvalue weighted by Gasteiger charge is 2.54. The fourth-order valence-corrected chi connectivity index (χ4v) is 8.14. The monoisotopic (exact) mass is 872 g/mol. The Balaban J connectivity index is 1.36. The highest BCUT2D eigenvalue weighted by molar-refractivity contribution is 5.66. The van der Waals surface area contributed by atoms with Crippen molar-refractivity contribution >= 4 is 5.97 Å². The fraction of sp³-hybridized carbons (Fsp3) is 0.975. The Morgan fingerprint density at radius 2 is 0.933 bits per heavy atom. The summed E-state index contributed by atoms with van der Waals surface area (Å²) < 4.78 is 47.2. The molecule has 4 rings (SSSR count). The molecule has 0 aliphatic carbocycles. The maximum atomic E-state index is 11.3. The van der Waals surface area contributed by atoms with Gasteiger partial charge in [0.1, 0.15) is 79.4 Å². The third kappa shape index (κ3) is 13.6. The Labute approximate surface area is 351 Å². The van der Waals surface area contributed by atoms with Crippen LogP contribution < -0.4 is 0 Å². The maximum absolute atomic E-state index is 11.3. The summed E-state index contributed by atoms with van der Waals surface area (Å²) in [5.74, 6) is -0.789. The molecule has 20 heteroatoms. The second kappa shape index (κ2) is 24.7. The van der Waals surface area contributed by atoms with Crippen molar-refractivity contribution in [3.8, 4) is 0 Å². The molecule has 0 bridgehead atoms. The molecule has 4 saturated heterocycles. The Bertz CT molecular complexity index is 1240. The van der Waals surface area contributed by atoms with Gasteiger partial charge >= 0.3 is 5.97 Å². The summed E-state index contributed by atoms with van der Waals surface area (Å²) in [7, 11) is 0. The molecule has 60 heavy (non-hydrogen) atoms. The molecule has 0 spiro atoms. The highest BCUT2D eigenvalue weighted by Crippen LogP contribution is 2.35. The van der Waals surface area contributed by atoms with E-state index in [1.54, 1.807) is 0 Å². The third-order valence-corrected chi connectivity index (χ3v) is 11.9. The van der Waals surface area contributed by atoms with Crippen molar-refractivity contribution in [2.45, 2.75) is 240 Å². The number of hydrogen-bond donors (Lipinski definition) is 11. The van der Waals surface area contributed by atoms with Crippen LogP contribution in [-0.2, 0) is 42.7 Å². The molecule has 0 saturated carbocycles. The van der Waals surface area contributed by atoms with Gasteiger partial charge in [-0.1, -0.05) is 64.7 Å². The molecule has 4 aliphatic heterocycles. The number of aliphatic hydroxyl groups excluding tert-OH is 10. The van der Waals surface area contributed by atoms with E-state index in [-0.39, 0.29) is 12.5 Å². The summed E-state index contributed by atoms with van der Waals surface area (Å²) in [4.78, 5) is 10.7. The van der Waals surface area contributed by atoms with Gasteiger partial charge in [0, 0.05) is 6.42 Å². The first-order chi connectivity index (χ1) is 28.5. The number of unbranched alkanes of at least 4 members (excludes halogenated alkanes) is 8. The van der Waals surface area contributed by atoms with E-state index in [1.165, 1.54) is 20.8 Å². The molecule has 0 radical (unpaired) electrons. The van der Waals surface area contributed by atoms with E-state index >= 15 is 0 Å². The predicted molar refractivity (Wildman–Crippen MR) is 206 cm³/mol. The van der Waals surface area contributed by atoms with Gasteiger partial charge in [0.25, 0.3) is 0 Å². The highest BCUT2D eigenvalue weighted by atomic mass is 16.8. The number of aliphatic carboxylic acids is 1. The van der Waals surface area contributed by atoms with Gasteiger partial charge < -0.3 is 94.1 Å². The van der Waals surface area contributed by atoms with Crippen LogP contribution in [0.5, 0.6) is 0 Å². The van der Waals surface area contributed by atoms with Crippen molar-refractivity contribution in [3.05, 3.63) is 0 Å². The van der Waals surface area contributed by atoms with Crippen LogP contribution in [0.2, 0.25) is 0 Å². The first kappa shape index (κ1) is 51.4. The Morgan fingerprint density at radius 3 is 1.43 bits per heavy atom. The van der Waals surface area contributed by atoms with Crippen LogP contribution in [-0.4, -0.2) is 198 Å². The van der Waals surface area contributed by atoms with Gasteiger partial charge in [-0.3, -0.25) is 4.79 Å². The van der Waals surface area contributed by atoms with Crippen LogP contribution in [0.15, 0.2) is 0 Å². The number of carboxylic acids is 1. The molecule has 0 unspecified atom stereocenters. The molecule has 4 fully saturated rings. The van der Waals surface area contributed by atoms with Crippen LogP contribution in [0.1, 0.15) is 111 Å². The number of aliphatic hydroxyl groups is 10. The summed E-state index contributed by atoms with van der Waals surface area (Å²) >= 11 is 0. The first-order valence-electron chi connectivity index (χ1n) is 21.7. The fourth-order valence-electron chi connectivity index (χ4n) is 8.14. The molecule has 11 N–H and O–H groups in total. The second-order valence-corrected chi connectivity index (χ2v) is 16.7. The molecule has 20 nitrogen and oxygen atoms in total. The number of rotatable bonds is 23. The normalized spacial score (nSPS) is 43.2. The lowest BCUT2D eigenvalue weighted by atomic mass is 9.96. The predicted octanol–water partition coefficient (Wildman–Crippen LogP) is -1.10. The summed E-state index contributed by atoms with van der Waals surface area (Å²) in [6, 6.07) is 0. The summed E-state index contributed by atoms with van der Waals surface area (Å²) in [5.41, 5.74) is 0. The van der Waals surface area contributed by atoms with E-state index in [0.717, 1.165) is 57.8 Å². The minimum absolute atomic E-state index is 0.172. The average molecular weight is 873 g/mol. The minimum atomic E-state index is -1.83. The molecule has 352 valence electrons. The van der Waals surface area contributed by atoms with E-state index in [9.17, 15) is 55.9 Å². The first-order valence-corrected chi connectivity index (χ1v) is 21.7. The lowest BCUT2D eigenvalue weighted by Crippen LogP contribution is -2.66. The topological polar surface area (TPSA) is 313 Å². The van der Waals surface area contributed by atoms with E-state index in [2.05, 4.69) is 6.92 Å². The van der Waals surface area contributed by atoms with Crippen molar-refractivity contribution < 1.29 is 98.9 Å². The zero-order valence-corrected chi connectivity index (χ0v) is 35.1. The molecule has 0 aromatic rings. The molecular formula is C40H72O20. The van der Waals surface area contributed by atoms with E-state index in [1.807, 2.05) is 0 Å². The lowest BCUT2D eigenvalue weighted by Gasteiger charge is -2.48. The Hall–Kier alpha value is -1.25. The minimum Gasteiger partial charge on any atom is -0.481 e. The number of carboxylic acid groups (broad SMARTS) is 1. The van der Waals surface area contributed by atoms with Crippen LogP contribution in [0.25, 0.3) is 0 Å². The third-order valence-electron chi connectivity index (χ3n) is 11.9. The van der Waals surface area contributed by atoms with Crippen LogP contribution in [0, 0.1) is 0 Å². The van der Waals surface area contributed by atoms with Crippen molar-refractivity contribution in [1.29, 1.82) is 0 Å². The second-order valence-electron chi connectivity index (χ2n) is 16.7. The molecule has 0 aromatic heterocycles. The summed E-state index contributed by atoms with van der Waals surface area (Å²) in [5, 5.41) is 116. The average Bonchev–Trinajstić information content (AvgIpc) is 3.21.